The van der Waals surface area contributed by atoms with Crippen molar-refractivity contribution in [3.05, 3.63) is 52.3 Å². The minimum atomic E-state index is -0.217. The summed E-state index contributed by atoms with van der Waals surface area (Å²) in [5.41, 5.74) is 2.24. The molecular weight excluding hydrogens is 278 g/mol. The van der Waals surface area contributed by atoms with Gasteiger partial charge in [0.15, 0.2) is 0 Å². The zero-order valence-electron chi connectivity index (χ0n) is 12.8. The third kappa shape index (κ3) is 2.92. The molecule has 0 aliphatic heterocycles. The second-order valence-corrected chi connectivity index (χ2v) is 5.68. The van der Waals surface area contributed by atoms with Gasteiger partial charge in [0.25, 0.3) is 5.56 Å². The fraction of sp³-hybridized carbons (Fsp3) is 0.389. The number of nitrogens with zero attached hydrogens (tertiary/aromatic N) is 1. The fourth-order valence-corrected chi connectivity index (χ4v) is 2.61. The molecule has 0 unspecified atom stereocenters. The molecule has 4 heteroatoms. The Morgan fingerprint density at radius 3 is 2.77 bits per heavy atom. The lowest BCUT2D eigenvalue weighted by Crippen LogP contribution is -2.24. The van der Waals surface area contributed by atoms with Gasteiger partial charge in [-0.2, -0.15) is 0 Å². The summed E-state index contributed by atoms with van der Waals surface area (Å²) < 4.78 is 7.50. The highest BCUT2D eigenvalue weighted by Crippen LogP contribution is 2.37. The first-order valence-electron chi connectivity index (χ1n) is 7.83. The Morgan fingerprint density at radius 2 is 2.09 bits per heavy atom. The molecule has 1 aliphatic carbocycles. The SMILES string of the molecule is CCCOc1cccc(-c2ccc(CO)c(=O)n2C2CC2)c1. The van der Waals surface area contributed by atoms with Crippen LogP contribution in [-0.4, -0.2) is 16.3 Å². The lowest BCUT2D eigenvalue weighted by Gasteiger charge is -2.14. The first-order chi connectivity index (χ1) is 10.7. The van der Waals surface area contributed by atoms with Gasteiger partial charge in [-0.25, -0.2) is 0 Å². The number of ether oxygens (including phenoxy) is 1. The minimum absolute atomic E-state index is 0.0811. The highest BCUT2D eigenvalue weighted by Gasteiger charge is 2.27. The van der Waals surface area contributed by atoms with E-state index in [0.29, 0.717) is 12.2 Å². The van der Waals surface area contributed by atoms with Crippen molar-refractivity contribution >= 4 is 0 Å². The van der Waals surface area contributed by atoms with Crippen LogP contribution in [-0.2, 0) is 6.61 Å². The molecule has 4 nitrogen and oxygen atoms in total. The molecule has 0 atom stereocenters. The van der Waals surface area contributed by atoms with Crippen molar-refractivity contribution in [3.63, 3.8) is 0 Å². The molecule has 0 spiro atoms. The van der Waals surface area contributed by atoms with Crippen molar-refractivity contribution in [3.8, 4) is 17.0 Å². The number of aliphatic hydroxyl groups is 1. The van der Waals surface area contributed by atoms with Crippen molar-refractivity contribution in [1.29, 1.82) is 0 Å². The summed E-state index contributed by atoms with van der Waals surface area (Å²) in [6.45, 7) is 2.54. The summed E-state index contributed by atoms with van der Waals surface area (Å²) in [6, 6.07) is 11.7. The maximum absolute atomic E-state index is 12.5. The number of rotatable bonds is 6. The van der Waals surface area contributed by atoms with Crippen LogP contribution in [0.25, 0.3) is 11.3 Å². The highest BCUT2D eigenvalue weighted by atomic mass is 16.5. The van der Waals surface area contributed by atoms with E-state index in [1.165, 1.54) is 0 Å². The first-order valence-corrected chi connectivity index (χ1v) is 7.83. The van der Waals surface area contributed by atoms with Crippen LogP contribution >= 0.6 is 0 Å². The Kier molecular flexibility index (Phi) is 4.29. The minimum Gasteiger partial charge on any atom is -0.494 e. The average molecular weight is 299 g/mol. The third-order valence-corrected chi connectivity index (χ3v) is 3.88. The standard InChI is InChI=1S/C18H21NO3/c1-2-10-22-16-5-3-4-13(11-16)17-9-6-14(12-20)18(21)19(17)15-7-8-15/h3-6,9,11,15,20H,2,7-8,10,12H2,1H3. The lowest BCUT2D eigenvalue weighted by molar-refractivity contribution is 0.279. The van der Waals surface area contributed by atoms with Gasteiger partial charge in [0.05, 0.1) is 18.9 Å². The third-order valence-electron chi connectivity index (χ3n) is 3.88. The van der Waals surface area contributed by atoms with Crippen molar-refractivity contribution in [2.75, 3.05) is 6.61 Å². The predicted octanol–water partition coefficient (Wildman–Crippen LogP) is 3.13. The monoisotopic (exact) mass is 299 g/mol. The van der Waals surface area contributed by atoms with Gasteiger partial charge in [-0.1, -0.05) is 19.1 Å². The van der Waals surface area contributed by atoms with Gasteiger partial charge < -0.3 is 14.4 Å². The zero-order valence-corrected chi connectivity index (χ0v) is 12.8. The maximum Gasteiger partial charge on any atom is 0.256 e. The van der Waals surface area contributed by atoms with Crippen LogP contribution in [0.2, 0.25) is 0 Å². The number of aromatic nitrogens is 1. The van der Waals surface area contributed by atoms with Crippen LogP contribution in [0.1, 0.15) is 37.8 Å². The second-order valence-electron chi connectivity index (χ2n) is 5.68. The molecule has 0 saturated heterocycles. The number of pyridine rings is 1. The van der Waals surface area contributed by atoms with Gasteiger partial charge in [-0.05, 0) is 43.5 Å². The van der Waals surface area contributed by atoms with Gasteiger partial charge in [0.2, 0.25) is 0 Å². The Morgan fingerprint density at radius 1 is 1.27 bits per heavy atom. The van der Waals surface area contributed by atoms with E-state index in [9.17, 15) is 9.90 Å². The number of hydrogen-bond donors (Lipinski definition) is 1. The Hall–Kier alpha value is -2.07. The summed E-state index contributed by atoms with van der Waals surface area (Å²) in [7, 11) is 0. The van der Waals surface area contributed by atoms with Crippen molar-refractivity contribution in [1.82, 2.24) is 4.57 Å². The van der Waals surface area contributed by atoms with E-state index < -0.39 is 0 Å². The quantitative estimate of drug-likeness (QED) is 0.891. The molecule has 22 heavy (non-hydrogen) atoms. The summed E-state index contributed by atoms with van der Waals surface area (Å²) in [5.74, 6) is 0.820. The molecule has 3 rings (SSSR count). The van der Waals surface area contributed by atoms with E-state index in [-0.39, 0.29) is 18.2 Å². The molecule has 0 radical (unpaired) electrons. The van der Waals surface area contributed by atoms with E-state index in [4.69, 9.17) is 4.74 Å². The Labute approximate surface area is 130 Å². The lowest BCUT2D eigenvalue weighted by atomic mass is 10.1. The summed E-state index contributed by atoms with van der Waals surface area (Å²) in [5, 5.41) is 9.31. The highest BCUT2D eigenvalue weighted by molar-refractivity contribution is 5.62. The second kappa shape index (κ2) is 6.36. The number of benzene rings is 1. The van der Waals surface area contributed by atoms with E-state index in [0.717, 1.165) is 36.3 Å². The van der Waals surface area contributed by atoms with Gasteiger partial charge in [-0.15, -0.1) is 0 Å². The molecule has 116 valence electrons. The largest absolute Gasteiger partial charge is 0.494 e. The molecule has 0 bridgehead atoms. The fourth-order valence-electron chi connectivity index (χ4n) is 2.61. The van der Waals surface area contributed by atoms with Gasteiger partial charge in [0, 0.05) is 17.2 Å². The zero-order chi connectivity index (χ0) is 15.5. The van der Waals surface area contributed by atoms with Crippen LogP contribution < -0.4 is 10.3 Å². The Bertz CT molecular complexity index is 717. The van der Waals surface area contributed by atoms with Crippen molar-refractivity contribution < 1.29 is 9.84 Å². The molecule has 1 aromatic carbocycles. The molecule has 2 aromatic rings. The van der Waals surface area contributed by atoms with E-state index in [2.05, 4.69) is 6.92 Å². The molecule has 1 aliphatic rings. The molecule has 1 saturated carbocycles. The number of hydrogen-bond acceptors (Lipinski definition) is 3. The van der Waals surface area contributed by atoms with Crippen LogP contribution in [0.4, 0.5) is 0 Å². The summed E-state index contributed by atoms with van der Waals surface area (Å²) in [4.78, 5) is 12.5. The summed E-state index contributed by atoms with van der Waals surface area (Å²) >= 11 is 0. The maximum atomic E-state index is 12.5. The first kappa shape index (κ1) is 14.9. The molecule has 1 heterocycles. The van der Waals surface area contributed by atoms with Gasteiger partial charge in [0.1, 0.15) is 5.75 Å². The van der Waals surface area contributed by atoms with Crippen LogP contribution in [0.3, 0.4) is 0 Å². The summed E-state index contributed by atoms with van der Waals surface area (Å²) in [6.07, 6.45) is 3.00. The topological polar surface area (TPSA) is 51.5 Å². The van der Waals surface area contributed by atoms with E-state index >= 15 is 0 Å². The average Bonchev–Trinajstić information content (AvgIpc) is 3.37. The van der Waals surface area contributed by atoms with Gasteiger partial charge in [-0.3, -0.25) is 4.79 Å². The smallest absolute Gasteiger partial charge is 0.256 e. The van der Waals surface area contributed by atoms with Crippen LogP contribution in [0.15, 0.2) is 41.2 Å². The normalized spacial score (nSPS) is 14.1. The van der Waals surface area contributed by atoms with Gasteiger partial charge >= 0.3 is 0 Å². The molecule has 1 fully saturated rings. The van der Waals surface area contributed by atoms with E-state index in [1.807, 2.05) is 34.9 Å². The Balaban J connectivity index is 2.04. The predicted molar refractivity (Wildman–Crippen MR) is 86.1 cm³/mol. The molecule has 1 aromatic heterocycles. The molecule has 0 amide bonds. The van der Waals surface area contributed by atoms with Crippen molar-refractivity contribution in [2.24, 2.45) is 0 Å². The van der Waals surface area contributed by atoms with Crippen LogP contribution in [0.5, 0.6) is 5.75 Å². The number of aliphatic hydroxyl groups excluding tert-OH is 1. The molecular formula is C18H21NO3. The molecule has 1 N–H and O–H groups in total. The van der Waals surface area contributed by atoms with E-state index in [1.54, 1.807) is 6.07 Å². The van der Waals surface area contributed by atoms with Crippen molar-refractivity contribution in [2.45, 2.75) is 38.8 Å². The van der Waals surface area contributed by atoms with Crippen LogP contribution in [0, 0.1) is 0 Å².